The molecule has 0 radical (unpaired) electrons. The van der Waals surface area contributed by atoms with E-state index in [4.69, 9.17) is 0 Å². The summed E-state index contributed by atoms with van der Waals surface area (Å²) < 4.78 is 0. The first-order chi connectivity index (χ1) is 12.2. The summed E-state index contributed by atoms with van der Waals surface area (Å²) in [5.74, 6) is 0.780. The third kappa shape index (κ3) is 4.16. The minimum absolute atomic E-state index is 0.0105. The lowest BCUT2D eigenvalue weighted by molar-refractivity contribution is 0.0600. The fourth-order valence-corrected chi connectivity index (χ4v) is 3.42. The van der Waals surface area contributed by atoms with Gasteiger partial charge in [0.15, 0.2) is 11.5 Å². The molecule has 1 saturated heterocycles. The van der Waals surface area contributed by atoms with Gasteiger partial charge in [0.25, 0.3) is 5.91 Å². The van der Waals surface area contributed by atoms with Gasteiger partial charge in [-0.1, -0.05) is 37.3 Å². The summed E-state index contributed by atoms with van der Waals surface area (Å²) in [5.41, 5.74) is 1.66. The van der Waals surface area contributed by atoms with Gasteiger partial charge < -0.3 is 9.80 Å². The molecule has 25 heavy (non-hydrogen) atoms. The number of likely N-dealkylation sites (tertiary alicyclic amines) is 1. The maximum absolute atomic E-state index is 12.8. The highest BCUT2D eigenvalue weighted by Gasteiger charge is 2.27. The maximum atomic E-state index is 12.8. The van der Waals surface area contributed by atoms with Crippen LogP contribution in [0.1, 0.15) is 48.7 Å². The molecule has 1 atom stereocenters. The zero-order valence-corrected chi connectivity index (χ0v) is 15.1. The Labute approximate surface area is 149 Å². The van der Waals surface area contributed by atoms with Crippen molar-refractivity contribution in [1.82, 2.24) is 15.1 Å². The van der Waals surface area contributed by atoms with Crippen LogP contribution in [0.4, 0.5) is 5.82 Å². The molecule has 3 rings (SSSR count). The fraction of sp³-hybridized carbons (Fsp3) is 0.450. The Morgan fingerprint density at radius 3 is 2.64 bits per heavy atom. The molecule has 1 fully saturated rings. The van der Waals surface area contributed by atoms with Gasteiger partial charge in [0.1, 0.15) is 0 Å². The quantitative estimate of drug-likeness (QED) is 0.837. The third-order valence-corrected chi connectivity index (χ3v) is 4.88. The summed E-state index contributed by atoms with van der Waals surface area (Å²) in [6.07, 6.45) is 4.37. The molecule has 0 saturated carbocycles. The van der Waals surface area contributed by atoms with Crippen LogP contribution in [0.15, 0.2) is 42.5 Å². The molecule has 1 amide bonds. The van der Waals surface area contributed by atoms with E-state index in [0.29, 0.717) is 11.7 Å². The van der Waals surface area contributed by atoms with Gasteiger partial charge >= 0.3 is 0 Å². The molecule has 0 bridgehead atoms. The number of carbonyl (C=O) groups excluding carboxylic acids is 1. The van der Waals surface area contributed by atoms with Gasteiger partial charge in [0.2, 0.25) is 0 Å². The van der Waals surface area contributed by atoms with E-state index < -0.39 is 0 Å². The molecule has 1 aromatic carbocycles. The van der Waals surface area contributed by atoms with E-state index in [1.807, 2.05) is 41.1 Å². The molecule has 0 spiro atoms. The largest absolute Gasteiger partial charge is 0.354 e. The molecule has 0 N–H and O–H groups in total. The predicted octanol–water partition coefficient (Wildman–Crippen LogP) is 3.52. The van der Waals surface area contributed by atoms with Gasteiger partial charge in [-0.25, -0.2) is 0 Å². The highest BCUT2D eigenvalue weighted by atomic mass is 16.2. The van der Waals surface area contributed by atoms with Gasteiger partial charge in [-0.3, -0.25) is 4.79 Å². The number of hydrogen-bond donors (Lipinski definition) is 0. The lowest BCUT2D eigenvalue weighted by Gasteiger charge is -2.34. The van der Waals surface area contributed by atoms with Crippen LogP contribution < -0.4 is 4.90 Å². The van der Waals surface area contributed by atoms with Gasteiger partial charge in [-0.2, -0.15) is 0 Å². The molecular weight excluding hydrogens is 312 g/mol. The second-order valence-corrected chi connectivity index (χ2v) is 6.67. The zero-order valence-electron chi connectivity index (χ0n) is 15.1. The van der Waals surface area contributed by atoms with E-state index in [0.717, 1.165) is 38.2 Å². The smallest absolute Gasteiger partial charge is 0.274 e. The second kappa shape index (κ2) is 8.10. The number of rotatable bonds is 5. The first-order valence-electron chi connectivity index (χ1n) is 9.08. The van der Waals surface area contributed by atoms with Crippen molar-refractivity contribution in [3.63, 3.8) is 0 Å². The Morgan fingerprint density at radius 2 is 1.96 bits per heavy atom. The maximum Gasteiger partial charge on any atom is 0.274 e. The molecule has 132 valence electrons. The van der Waals surface area contributed by atoms with Gasteiger partial charge in [-0.05, 0) is 43.4 Å². The molecular formula is C20H26N4O. The van der Waals surface area contributed by atoms with Crippen LogP contribution in [0, 0.1) is 0 Å². The van der Waals surface area contributed by atoms with Crippen LogP contribution in [0.2, 0.25) is 0 Å². The molecule has 1 aliphatic heterocycles. The lowest BCUT2D eigenvalue weighted by atomic mass is 9.99. The second-order valence-electron chi connectivity index (χ2n) is 6.67. The minimum atomic E-state index is 0.0105. The standard InChI is InChI=1S/C20H26N4O/c1-3-17-11-7-8-14-24(17)20(25)18-12-13-19(22-21-18)23(2)15-16-9-5-4-6-10-16/h4-6,9-10,12-13,17H,3,7-8,11,14-15H2,1-2H3. The van der Waals surface area contributed by atoms with Crippen LogP contribution >= 0.6 is 0 Å². The highest BCUT2D eigenvalue weighted by molar-refractivity contribution is 5.92. The predicted molar refractivity (Wildman–Crippen MR) is 99.5 cm³/mol. The van der Waals surface area contributed by atoms with Crippen molar-refractivity contribution in [2.24, 2.45) is 0 Å². The minimum Gasteiger partial charge on any atom is -0.354 e. The summed E-state index contributed by atoms with van der Waals surface area (Å²) in [5, 5.41) is 8.47. The number of carbonyl (C=O) groups is 1. The fourth-order valence-electron chi connectivity index (χ4n) is 3.42. The average Bonchev–Trinajstić information content (AvgIpc) is 2.68. The van der Waals surface area contributed by atoms with Crippen LogP contribution in [0.25, 0.3) is 0 Å². The number of amides is 1. The number of piperidine rings is 1. The SMILES string of the molecule is CCC1CCCCN1C(=O)c1ccc(N(C)Cc2ccccc2)nn1. The number of nitrogens with zero attached hydrogens (tertiary/aromatic N) is 4. The van der Waals surface area contributed by atoms with Crippen molar-refractivity contribution in [1.29, 1.82) is 0 Å². The van der Waals surface area contributed by atoms with E-state index in [1.54, 1.807) is 6.07 Å². The molecule has 1 aliphatic rings. The number of hydrogen-bond acceptors (Lipinski definition) is 4. The van der Waals surface area contributed by atoms with E-state index in [1.165, 1.54) is 12.0 Å². The monoisotopic (exact) mass is 338 g/mol. The Hall–Kier alpha value is -2.43. The van der Waals surface area contributed by atoms with Crippen LogP contribution in [-0.4, -0.2) is 40.6 Å². The summed E-state index contributed by atoms with van der Waals surface area (Å²) in [6.45, 7) is 3.73. The van der Waals surface area contributed by atoms with Crippen LogP contribution in [-0.2, 0) is 6.54 Å². The topological polar surface area (TPSA) is 49.3 Å². The van der Waals surface area contributed by atoms with Crippen molar-refractivity contribution < 1.29 is 4.79 Å². The van der Waals surface area contributed by atoms with E-state index >= 15 is 0 Å². The Balaban J connectivity index is 1.68. The van der Waals surface area contributed by atoms with Crippen molar-refractivity contribution in [3.8, 4) is 0 Å². The molecule has 1 aromatic heterocycles. The summed E-state index contributed by atoms with van der Waals surface area (Å²) >= 11 is 0. The molecule has 2 heterocycles. The van der Waals surface area contributed by atoms with E-state index in [9.17, 15) is 4.79 Å². The van der Waals surface area contributed by atoms with E-state index in [-0.39, 0.29) is 5.91 Å². The molecule has 5 nitrogen and oxygen atoms in total. The van der Waals surface area contributed by atoms with Gasteiger partial charge in [0.05, 0.1) is 0 Å². The molecule has 1 unspecified atom stereocenters. The molecule has 2 aromatic rings. The lowest BCUT2D eigenvalue weighted by Crippen LogP contribution is -2.43. The van der Waals surface area contributed by atoms with Crippen molar-refractivity contribution in [3.05, 3.63) is 53.7 Å². The van der Waals surface area contributed by atoms with Gasteiger partial charge in [0, 0.05) is 26.2 Å². The van der Waals surface area contributed by atoms with Crippen molar-refractivity contribution in [2.45, 2.75) is 45.2 Å². The summed E-state index contributed by atoms with van der Waals surface area (Å²) in [7, 11) is 1.98. The first kappa shape index (κ1) is 17.4. The number of anilines is 1. The Morgan fingerprint density at radius 1 is 1.16 bits per heavy atom. The van der Waals surface area contributed by atoms with Crippen LogP contribution in [0.3, 0.4) is 0 Å². The number of benzene rings is 1. The highest BCUT2D eigenvalue weighted by Crippen LogP contribution is 2.21. The van der Waals surface area contributed by atoms with Crippen molar-refractivity contribution in [2.75, 3.05) is 18.5 Å². The Bertz CT molecular complexity index is 687. The van der Waals surface area contributed by atoms with Crippen LogP contribution in [0.5, 0.6) is 0 Å². The Kier molecular flexibility index (Phi) is 5.64. The van der Waals surface area contributed by atoms with Crippen molar-refractivity contribution >= 4 is 11.7 Å². The summed E-state index contributed by atoms with van der Waals surface area (Å²) in [4.78, 5) is 16.8. The normalized spacial score (nSPS) is 17.4. The van der Waals surface area contributed by atoms with E-state index in [2.05, 4.69) is 29.3 Å². The zero-order chi connectivity index (χ0) is 17.6. The van der Waals surface area contributed by atoms with Gasteiger partial charge in [-0.15, -0.1) is 10.2 Å². The average molecular weight is 338 g/mol. The number of aromatic nitrogens is 2. The first-order valence-corrected chi connectivity index (χ1v) is 9.08. The summed E-state index contributed by atoms with van der Waals surface area (Å²) in [6, 6.07) is 14.3. The molecule has 5 heteroatoms. The molecule has 0 aliphatic carbocycles. The third-order valence-electron chi connectivity index (χ3n) is 4.88.